The highest BCUT2D eigenvalue weighted by Gasteiger charge is 2.58. The third kappa shape index (κ3) is 2.60. The number of hydrogen-bond donors (Lipinski definition) is 1. The minimum Gasteiger partial charge on any atom is -0.497 e. The largest absolute Gasteiger partial charge is 0.497 e. The monoisotopic (exact) mass is 364 g/mol. The van der Waals surface area contributed by atoms with E-state index in [1.54, 1.807) is 7.11 Å². The maximum atomic E-state index is 12.4. The van der Waals surface area contributed by atoms with Crippen LogP contribution in [0.3, 0.4) is 0 Å². The van der Waals surface area contributed by atoms with Gasteiger partial charge in [0.1, 0.15) is 11.4 Å². The van der Waals surface area contributed by atoms with Gasteiger partial charge < -0.3 is 9.84 Å². The third-order valence-electron chi connectivity index (χ3n) is 6.36. The van der Waals surface area contributed by atoms with Crippen molar-refractivity contribution in [1.82, 2.24) is 0 Å². The quantitative estimate of drug-likeness (QED) is 0.802. The van der Waals surface area contributed by atoms with Crippen LogP contribution in [0.4, 0.5) is 0 Å². The van der Waals surface area contributed by atoms with Gasteiger partial charge in [-0.05, 0) is 73.3 Å². The summed E-state index contributed by atoms with van der Waals surface area (Å²) in [5.41, 5.74) is 1.90. The van der Waals surface area contributed by atoms with Crippen LogP contribution >= 0.6 is 23.5 Å². The zero-order valence-corrected chi connectivity index (χ0v) is 16.2. The Bertz CT molecular complexity index is 591. The molecule has 2 aliphatic carbocycles. The molecule has 1 heterocycles. The SMILES string of the molecule is COc1ccc2c(c1)CCCC1(CCCC1)C2(O)C1SCCCS1. The fourth-order valence-electron chi connectivity index (χ4n) is 5.16. The smallest absolute Gasteiger partial charge is 0.119 e. The standard InChI is InChI=1S/C20H28O2S2/c1-22-16-7-8-17-15(14-16)6-4-11-19(9-2-3-10-19)20(17,21)18-23-12-5-13-24-18/h7-8,14,18,21H,2-6,9-13H2,1H3. The summed E-state index contributed by atoms with van der Waals surface area (Å²) in [7, 11) is 1.73. The van der Waals surface area contributed by atoms with E-state index in [1.807, 2.05) is 23.5 Å². The van der Waals surface area contributed by atoms with E-state index in [-0.39, 0.29) is 10.00 Å². The summed E-state index contributed by atoms with van der Waals surface area (Å²) in [6.45, 7) is 0. The molecule has 1 aliphatic heterocycles. The van der Waals surface area contributed by atoms with E-state index in [4.69, 9.17) is 4.74 Å². The van der Waals surface area contributed by atoms with E-state index in [0.717, 1.165) is 18.6 Å². The molecule has 2 nitrogen and oxygen atoms in total. The summed E-state index contributed by atoms with van der Waals surface area (Å²) in [5.74, 6) is 3.28. The van der Waals surface area contributed by atoms with Crippen LogP contribution in [-0.4, -0.2) is 28.3 Å². The first-order chi connectivity index (χ1) is 11.7. The molecule has 4 heteroatoms. The second-order valence-electron chi connectivity index (χ2n) is 7.56. The van der Waals surface area contributed by atoms with E-state index >= 15 is 0 Å². The van der Waals surface area contributed by atoms with Gasteiger partial charge in [-0.3, -0.25) is 0 Å². The van der Waals surface area contributed by atoms with Gasteiger partial charge >= 0.3 is 0 Å². The van der Waals surface area contributed by atoms with Crippen molar-refractivity contribution < 1.29 is 9.84 Å². The van der Waals surface area contributed by atoms with Crippen LogP contribution in [0, 0.1) is 5.41 Å². The van der Waals surface area contributed by atoms with Crippen molar-refractivity contribution >= 4 is 23.5 Å². The molecule has 0 amide bonds. The molecular formula is C20H28O2S2. The van der Waals surface area contributed by atoms with Crippen LogP contribution in [0.15, 0.2) is 18.2 Å². The van der Waals surface area contributed by atoms with Gasteiger partial charge in [0.2, 0.25) is 0 Å². The number of hydrogen-bond acceptors (Lipinski definition) is 4. The van der Waals surface area contributed by atoms with Crippen molar-refractivity contribution in [3.05, 3.63) is 29.3 Å². The second-order valence-corrected chi connectivity index (χ2v) is 10.3. The highest BCUT2D eigenvalue weighted by atomic mass is 32.2. The third-order valence-corrected chi connectivity index (χ3v) is 9.51. The zero-order valence-electron chi connectivity index (χ0n) is 14.6. The predicted octanol–water partition coefficient (Wildman–Crippen LogP) is 4.98. The average Bonchev–Trinajstić information content (AvgIpc) is 3.07. The number of methoxy groups -OCH3 is 1. The molecular weight excluding hydrogens is 336 g/mol. The number of aliphatic hydroxyl groups is 1. The van der Waals surface area contributed by atoms with Gasteiger partial charge in [-0.25, -0.2) is 0 Å². The van der Waals surface area contributed by atoms with Crippen LogP contribution in [0.25, 0.3) is 0 Å². The summed E-state index contributed by atoms with van der Waals surface area (Å²) in [4.78, 5) is 0. The molecule has 1 aromatic carbocycles. The van der Waals surface area contributed by atoms with Crippen LogP contribution in [0.2, 0.25) is 0 Å². The highest BCUT2D eigenvalue weighted by Crippen LogP contribution is 2.62. The fourth-order valence-corrected chi connectivity index (χ4v) is 8.59. The molecule has 1 spiro atoms. The predicted molar refractivity (Wildman–Crippen MR) is 104 cm³/mol. The van der Waals surface area contributed by atoms with E-state index in [1.165, 1.54) is 61.2 Å². The Kier molecular flexibility index (Phi) is 4.83. The average molecular weight is 365 g/mol. The minimum atomic E-state index is -0.697. The van der Waals surface area contributed by atoms with Crippen molar-refractivity contribution in [2.75, 3.05) is 18.6 Å². The van der Waals surface area contributed by atoms with Crippen molar-refractivity contribution in [3.8, 4) is 5.75 Å². The molecule has 2 fully saturated rings. The van der Waals surface area contributed by atoms with Gasteiger partial charge in [0, 0.05) is 5.41 Å². The van der Waals surface area contributed by atoms with Crippen LogP contribution in [0.1, 0.15) is 56.1 Å². The Morgan fingerprint density at radius 3 is 2.46 bits per heavy atom. The molecule has 132 valence electrons. The molecule has 1 atom stereocenters. The topological polar surface area (TPSA) is 29.5 Å². The number of ether oxygens (including phenoxy) is 1. The number of aryl methyl sites for hydroxylation is 1. The van der Waals surface area contributed by atoms with Gasteiger partial charge in [-0.15, -0.1) is 23.5 Å². The van der Waals surface area contributed by atoms with Gasteiger partial charge in [-0.1, -0.05) is 18.9 Å². The van der Waals surface area contributed by atoms with Gasteiger partial charge in [-0.2, -0.15) is 0 Å². The lowest BCUT2D eigenvalue weighted by atomic mass is 9.66. The van der Waals surface area contributed by atoms with E-state index in [9.17, 15) is 5.11 Å². The van der Waals surface area contributed by atoms with Gasteiger partial charge in [0.05, 0.1) is 11.7 Å². The van der Waals surface area contributed by atoms with Crippen molar-refractivity contribution in [3.63, 3.8) is 0 Å². The second kappa shape index (κ2) is 6.77. The normalized spacial score (nSPS) is 30.1. The Labute approximate surface area is 154 Å². The molecule has 0 radical (unpaired) electrons. The Balaban J connectivity index is 1.85. The Morgan fingerprint density at radius 2 is 1.75 bits per heavy atom. The highest BCUT2D eigenvalue weighted by molar-refractivity contribution is 8.17. The van der Waals surface area contributed by atoms with Gasteiger partial charge in [0.25, 0.3) is 0 Å². The maximum absolute atomic E-state index is 12.4. The molecule has 1 unspecified atom stereocenters. The number of rotatable bonds is 2. The summed E-state index contributed by atoms with van der Waals surface area (Å²) >= 11 is 3.99. The van der Waals surface area contributed by atoms with Crippen LogP contribution < -0.4 is 4.74 Å². The summed E-state index contributed by atoms with van der Waals surface area (Å²) in [6, 6.07) is 6.40. The van der Waals surface area contributed by atoms with Gasteiger partial charge in [0.15, 0.2) is 0 Å². The molecule has 1 aromatic rings. The van der Waals surface area contributed by atoms with Crippen LogP contribution in [-0.2, 0) is 12.0 Å². The molecule has 1 saturated carbocycles. The molecule has 0 bridgehead atoms. The summed E-state index contributed by atoms with van der Waals surface area (Å²) in [5, 5.41) is 12.4. The lowest BCUT2D eigenvalue weighted by Crippen LogP contribution is -2.51. The number of thioether (sulfide) groups is 2. The summed E-state index contributed by atoms with van der Waals surface area (Å²) < 4.78 is 5.73. The number of fused-ring (bicyclic) bond motifs is 1. The first-order valence-electron chi connectivity index (χ1n) is 9.33. The lowest BCUT2D eigenvalue weighted by molar-refractivity contribution is -0.0796. The molecule has 1 saturated heterocycles. The van der Waals surface area contributed by atoms with E-state index < -0.39 is 5.60 Å². The zero-order chi connectivity index (χ0) is 16.6. The molecule has 0 aromatic heterocycles. The van der Waals surface area contributed by atoms with Crippen molar-refractivity contribution in [1.29, 1.82) is 0 Å². The molecule has 1 N–H and O–H groups in total. The van der Waals surface area contributed by atoms with Crippen molar-refractivity contribution in [2.24, 2.45) is 5.41 Å². The lowest BCUT2D eigenvalue weighted by Gasteiger charge is -2.50. The molecule has 4 rings (SSSR count). The van der Waals surface area contributed by atoms with Crippen LogP contribution in [0.5, 0.6) is 5.75 Å². The first kappa shape index (κ1) is 17.1. The Hall–Kier alpha value is -0.320. The van der Waals surface area contributed by atoms with Crippen molar-refractivity contribution in [2.45, 2.75) is 61.5 Å². The molecule has 24 heavy (non-hydrogen) atoms. The summed E-state index contributed by atoms with van der Waals surface area (Å²) in [6.07, 6.45) is 9.61. The first-order valence-corrected chi connectivity index (χ1v) is 11.4. The fraction of sp³-hybridized carbons (Fsp3) is 0.700. The molecule has 3 aliphatic rings. The number of benzene rings is 1. The van der Waals surface area contributed by atoms with E-state index in [0.29, 0.717) is 0 Å². The maximum Gasteiger partial charge on any atom is 0.119 e. The minimum absolute atomic E-state index is 0.0782. The van der Waals surface area contributed by atoms with E-state index in [2.05, 4.69) is 18.2 Å². The Morgan fingerprint density at radius 1 is 1.04 bits per heavy atom.